The summed E-state index contributed by atoms with van der Waals surface area (Å²) in [4.78, 5) is 4.19. The molecule has 2 aromatic rings. The van der Waals surface area contributed by atoms with Gasteiger partial charge in [-0.15, -0.1) is 0 Å². The average Bonchev–Trinajstić information content (AvgIpc) is 2.85. The van der Waals surface area contributed by atoms with Crippen LogP contribution in [0.15, 0.2) is 24.5 Å². The van der Waals surface area contributed by atoms with Gasteiger partial charge in [0.25, 0.3) is 0 Å². The first kappa shape index (κ1) is 16.3. The van der Waals surface area contributed by atoms with Crippen LogP contribution in [-0.4, -0.2) is 33.1 Å². The fraction of sp³-hybridized carbons (Fsp3) is 0.500. The van der Waals surface area contributed by atoms with Gasteiger partial charge in [-0.3, -0.25) is 4.68 Å². The lowest BCUT2D eigenvalue weighted by Crippen LogP contribution is -2.16. The number of nitrogens with zero attached hydrogens (tertiary/aromatic N) is 3. The first-order valence-electron chi connectivity index (χ1n) is 7.36. The van der Waals surface area contributed by atoms with Crippen molar-refractivity contribution < 1.29 is 9.84 Å². The second kappa shape index (κ2) is 6.79. The zero-order valence-electron chi connectivity index (χ0n) is 13.6. The van der Waals surface area contributed by atoms with Crippen LogP contribution in [0.5, 0.6) is 5.88 Å². The van der Waals surface area contributed by atoms with Gasteiger partial charge < -0.3 is 15.2 Å². The van der Waals surface area contributed by atoms with Gasteiger partial charge in [0, 0.05) is 36.8 Å². The van der Waals surface area contributed by atoms with Crippen LogP contribution in [0.3, 0.4) is 0 Å². The van der Waals surface area contributed by atoms with Crippen LogP contribution < -0.4 is 10.1 Å². The number of aliphatic hydroxyl groups excluding tert-OH is 1. The molecule has 0 aliphatic carbocycles. The molecule has 120 valence electrons. The van der Waals surface area contributed by atoms with Crippen LogP contribution in [-0.2, 0) is 19.0 Å². The van der Waals surface area contributed by atoms with Crippen LogP contribution in [0.1, 0.15) is 32.0 Å². The van der Waals surface area contributed by atoms with Crippen LogP contribution in [0, 0.1) is 0 Å². The molecular weight excluding hydrogens is 280 g/mol. The van der Waals surface area contributed by atoms with Gasteiger partial charge in [0.05, 0.1) is 24.2 Å². The molecule has 0 aromatic carbocycles. The first-order valence-corrected chi connectivity index (χ1v) is 7.36. The molecular formula is C16H24N4O2. The highest BCUT2D eigenvalue weighted by Crippen LogP contribution is 2.24. The molecule has 6 nitrogen and oxygen atoms in total. The summed E-state index contributed by atoms with van der Waals surface area (Å²) in [6.45, 7) is 7.41. The number of nitrogens with one attached hydrogen (secondary N) is 1. The van der Waals surface area contributed by atoms with E-state index in [1.807, 2.05) is 24.0 Å². The lowest BCUT2D eigenvalue weighted by Gasteiger charge is -2.17. The van der Waals surface area contributed by atoms with E-state index >= 15 is 0 Å². The van der Waals surface area contributed by atoms with Crippen molar-refractivity contribution in [3.05, 3.63) is 35.8 Å². The lowest BCUT2D eigenvalue weighted by molar-refractivity contribution is 0.196. The normalized spacial score (nSPS) is 11.5. The van der Waals surface area contributed by atoms with Gasteiger partial charge in [-0.05, 0) is 6.07 Å². The summed E-state index contributed by atoms with van der Waals surface area (Å²) in [5.41, 5.74) is 3.20. The van der Waals surface area contributed by atoms with Crippen molar-refractivity contribution >= 4 is 5.69 Å². The fourth-order valence-corrected chi connectivity index (χ4v) is 2.22. The van der Waals surface area contributed by atoms with Crippen LogP contribution in [0.25, 0.3) is 0 Å². The molecule has 6 heteroatoms. The Bertz CT molecular complexity index is 600. The van der Waals surface area contributed by atoms with Gasteiger partial charge in [-0.2, -0.15) is 5.10 Å². The zero-order chi connectivity index (χ0) is 16.2. The maximum atomic E-state index is 8.71. The Morgan fingerprint density at radius 2 is 2.09 bits per heavy atom. The summed E-state index contributed by atoms with van der Waals surface area (Å²) >= 11 is 0. The number of aryl methyl sites for hydroxylation is 1. The Hall–Kier alpha value is -2.08. The maximum absolute atomic E-state index is 8.71. The highest BCUT2D eigenvalue weighted by atomic mass is 16.5. The number of aliphatic hydroxyl groups is 1. The van der Waals surface area contributed by atoms with Crippen molar-refractivity contribution in [1.82, 2.24) is 14.8 Å². The van der Waals surface area contributed by atoms with Crippen molar-refractivity contribution in [2.45, 2.75) is 32.7 Å². The van der Waals surface area contributed by atoms with Crippen LogP contribution in [0.4, 0.5) is 5.69 Å². The lowest BCUT2D eigenvalue weighted by atomic mass is 9.89. The van der Waals surface area contributed by atoms with Crippen molar-refractivity contribution in [2.24, 2.45) is 7.05 Å². The number of ether oxygens (including phenoxy) is 1. The predicted molar refractivity (Wildman–Crippen MR) is 86.1 cm³/mol. The van der Waals surface area contributed by atoms with E-state index in [-0.39, 0.29) is 18.6 Å². The SMILES string of the molecule is Cn1cc(CNc2ccc(OCCO)nc2)c(C(C)(C)C)n1. The number of hydrogen-bond acceptors (Lipinski definition) is 5. The van der Waals surface area contributed by atoms with E-state index < -0.39 is 0 Å². The summed E-state index contributed by atoms with van der Waals surface area (Å²) in [5, 5.41) is 16.6. The smallest absolute Gasteiger partial charge is 0.213 e. The quantitative estimate of drug-likeness (QED) is 0.855. The Morgan fingerprint density at radius 1 is 1.32 bits per heavy atom. The summed E-state index contributed by atoms with van der Waals surface area (Å²) in [7, 11) is 1.94. The van der Waals surface area contributed by atoms with Crippen LogP contribution >= 0.6 is 0 Å². The molecule has 22 heavy (non-hydrogen) atoms. The number of hydrogen-bond donors (Lipinski definition) is 2. The van der Waals surface area contributed by atoms with Crippen molar-refractivity contribution in [1.29, 1.82) is 0 Å². The van der Waals surface area contributed by atoms with Gasteiger partial charge in [0.15, 0.2) is 0 Å². The number of pyridine rings is 1. The van der Waals surface area contributed by atoms with E-state index in [0.717, 1.165) is 11.4 Å². The van der Waals surface area contributed by atoms with E-state index in [2.05, 4.69) is 36.2 Å². The summed E-state index contributed by atoms with van der Waals surface area (Å²) in [5.74, 6) is 0.511. The van der Waals surface area contributed by atoms with E-state index in [9.17, 15) is 0 Å². The monoisotopic (exact) mass is 304 g/mol. The fourth-order valence-electron chi connectivity index (χ4n) is 2.22. The van der Waals surface area contributed by atoms with Gasteiger partial charge in [-0.25, -0.2) is 4.98 Å². The molecule has 0 spiro atoms. The minimum absolute atomic E-state index is 0.0124. The van der Waals surface area contributed by atoms with Gasteiger partial charge in [0.2, 0.25) is 5.88 Å². The number of anilines is 1. The topological polar surface area (TPSA) is 72.2 Å². The molecule has 0 unspecified atom stereocenters. The molecule has 0 radical (unpaired) electrons. The molecule has 2 aromatic heterocycles. The van der Waals surface area contributed by atoms with Crippen LogP contribution in [0.2, 0.25) is 0 Å². The molecule has 0 atom stereocenters. The number of aromatic nitrogens is 3. The van der Waals surface area contributed by atoms with Gasteiger partial charge in [-0.1, -0.05) is 20.8 Å². The van der Waals surface area contributed by atoms with E-state index in [0.29, 0.717) is 12.4 Å². The molecule has 0 saturated heterocycles. The van der Waals surface area contributed by atoms with Gasteiger partial charge in [0.1, 0.15) is 6.61 Å². The highest BCUT2D eigenvalue weighted by Gasteiger charge is 2.21. The summed E-state index contributed by atoms with van der Waals surface area (Å²) in [6.07, 6.45) is 3.76. The molecule has 2 rings (SSSR count). The third-order valence-corrected chi connectivity index (χ3v) is 3.18. The average molecular weight is 304 g/mol. The standard InChI is InChI=1S/C16H24N4O2/c1-16(2,3)15-12(11-20(4)19-15)9-17-13-5-6-14(18-10-13)22-8-7-21/h5-6,10-11,17,21H,7-9H2,1-4H3. The molecule has 0 fully saturated rings. The van der Waals surface area contributed by atoms with E-state index in [4.69, 9.17) is 9.84 Å². The van der Waals surface area contributed by atoms with Gasteiger partial charge >= 0.3 is 0 Å². The molecule has 2 N–H and O–H groups in total. The van der Waals surface area contributed by atoms with Crippen molar-refractivity contribution in [3.8, 4) is 5.88 Å². The zero-order valence-corrected chi connectivity index (χ0v) is 13.6. The highest BCUT2D eigenvalue weighted by molar-refractivity contribution is 5.43. The summed E-state index contributed by atoms with van der Waals surface area (Å²) in [6, 6.07) is 3.69. The molecule has 2 heterocycles. The third kappa shape index (κ3) is 4.21. The third-order valence-electron chi connectivity index (χ3n) is 3.18. The van der Waals surface area contributed by atoms with Crippen molar-refractivity contribution in [2.75, 3.05) is 18.5 Å². The van der Waals surface area contributed by atoms with E-state index in [1.165, 1.54) is 5.56 Å². The Kier molecular flexibility index (Phi) is 5.03. The van der Waals surface area contributed by atoms with Crippen molar-refractivity contribution in [3.63, 3.8) is 0 Å². The molecule has 0 amide bonds. The first-order chi connectivity index (χ1) is 10.4. The largest absolute Gasteiger partial charge is 0.475 e. The minimum Gasteiger partial charge on any atom is -0.475 e. The summed E-state index contributed by atoms with van der Waals surface area (Å²) < 4.78 is 7.09. The Morgan fingerprint density at radius 3 is 2.68 bits per heavy atom. The molecule has 0 saturated carbocycles. The molecule has 0 aliphatic rings. The maximum Gasteiger partial charge on any atom is 0.213 e. The van der Waals surface area contributed by atoms with E-state index in [1.54, 1.807) is 12.3 Å². The second-order valence-electron chi connectivity index (χ2n) is 6.24. The number of rotatable bonds is 6. The Labute approximate surface area is 131 Å². The predicted octanol–water partition coefficient (Wildman–Crippen LogP) is 2.10. The molecule has 0 aliphatic heterocycles. The second-order valence-corrected chi connectivity index (χ2v) is 6.24. The Balaban J connectivity index is 2.01. The molecule has 0 bridgehead atoms. The minimum atomic E-state index is -0.0156.